The van der Waals surface area contributed by atoms with E-state index in [1.54, 1.807) is 0 Å². The normalized spacial score (nSPS) is 27.6. The first-order valence-corrected chi connectivity index (χ1v) is 7.90. The molecular weight excluding hydrogens is 236 g/mol. The average molecular weight is 268 g/mol. The summed E-state index contributed by atoms with van der Waals surface area (Å²) in [6.45, 7) is 14.3. The molecule has 112 valence electrons. The average Bonchev–Trinajstić information content (AvgIpc) is 2.37. The largest absolute Gasteiger partial charge is 0.314 e. The van der Waals surface area contributed by atoms with Gasteiger partial charge in [0.25, 0.3) is 0 Å². The van der Waals surface area contributed by atoms with E-state index in [2.05, 4.69) is 41.3 Å². The maximum absolute atomic E-state index is 3.80. The van der Waals surface area contributed by atoms with E-state index in [-0.39, 0.29) is 0 Å². The van der Waals surface area contributed by atoms with Crippen LogP contribution >= 0.6 is 0 Å². The molecule has 2 aliphatic heterocycles. The third-order valence-electron chi connectivity index (χ3n) is 4.36. The van der Waals surface area contributed by atoms with Gasteiger partial charge in [-0.15, -0.1) is 0 Å². The van der Waals surface area contributed by atoms with Crippen molar-refractivity contribution < 1.29 is 0 Å². The Labute approximate surface area is 118 Å². The molecule has 0 radical (unpaired) electrons. The lowest BCUT2D eigenvalue weighted by molar-refractivity contribution is 0.146. The smallest absolute Gasteiger partial charge is 0.0195 e. The predicted molar refractivity (Wildman–Crippen MR) is 81.6 cm³/mol. The summed E-state index contributed by atoms with van der Waals surface area (Å²) in [5.41, 5.74) is 0.368. The Kier molecular flexibility index (Phi) is 5.63. The third-order valence-corrected chi connectivity index (χ3v) is 4.36. The summed E-state index contributed by atoms with van der Waals surface area (Å²) in [5, 5.41) is 7.22. The zero-order valence-electron chi connectivity index (χ0n) is 13.0. The van der Waals surface area contributed by atoms with E-state index in [0.29, 0.717) is 11.5 Å². The van der Waals surface area contributed by atoms with Gasteiger partial charge in [0, 0.05) is 51.9 Å². The van der Waals surface area contributed by atoms with Gasteiger partial charge < -0.3 is 20.4 Å². The van der Waals surface area contributed by atoms with Crippen LogP contribution in [0.3, 0.4) is 0 Å². The first-order valence-electron chi connectivity index (χ1n) is 7.90. The molecule has 19 heavy (non-hydrogen) atoms. The summed E-state index contributed by atoms with van der Waals surface area (Å²) >= 11 is 0. The number of piperazine rings is 1. The topological polar surface area (TPSA) is 30.5 Å². The molecule has 0 aromatic rings. The number of nitrogens with one attached hydrogen (secondary N) is 2. The summed E-state index contributed by atoms with van der Waals surface area (Å²) in [7, 11) is 2.24. The van der Waals surface area contributed by atoms with Crippen LogP contribution in [0.15, 0.2) is 0 Å². The first kappa shape index (κ1) is 15.2. The molecule has 0 spiro atoms. The van der Waals surface area contributed by atoms with Crippen LogP contribution in [0, 0.1) is 5.41 Å². The molecule has 2 fully saturated rings. The van der Waals surface area contributed by atoms with Crippen molar-refractivity contribution in [3.8, 4) is 0 Å². The first-order chi connectivity index (χ1) is 9.05. The lowest BCUT2D eigenvalue weighted by atomic mass is 9.91. The number of hydrogen-bond acceptors (Lipinski definition) is 4. The van der Waals surface area contributed by atoms with Crippen molar-refractivity contribution in [2.24, 2.45) is 5.41 Å². The van der Waals surface area contributed by atoms with Crippen LogP contribution in [-0.2, 0) is 0 Å². The van der Waals surface area contributed by atoms with E-state index >= 15 is 0 Å². The van der Waals surface area contributed by atoms with Gasteiger partial charge in [0.1, 0.15) is 0 Å². The van der Waals surface area contributed by atoms with E-state index in [4.69, 9.17) is 0 Å². The number of rotatable bonds is 5. The lowest BCUT2D eigenvalue weighted by Gasteiger charge is -2.37. The molecule has 0 bridgehead atoms. The van der Waals surface area contributed by atoms with Gasteiger partial charge in [-0.05, 0) is 31.8 Å². The number of likely N-dealkylation sites (N-methyl/N-ethyl adjacent to an activating group) is 1. The summed E-state index contributed by atoms with van der Waals surface area (Å²) in [4.78, 5) is 5.05. The molecule has 0 aromatic carbocycles. The molecule has 2 rings (SSSR count). The Morgan fingerprint density at radius 3 is 2.63 bits per heavy atom. The maximum Gasteiger partial charge on any atom is 0.0195 e. The second-order valence-electron chi connectivity index (χ2n) is 7.17. The molecule has 0 aromatic heterocycles. The van der Waals surface area contributed by atoms with Gasteiger partial charge >= 0.3 is 0 Å². The Hall–Kier alpha value is -0.160. The molecule has 4 heteroatoms. The number of piperidine rings is 1. The van der Waals surface area contributed by atoms with E-state index < -0.39 is 0 Å². The molecule has 0 aliphatic carbocycles. The van der Waals surface area contributed by atoms with E-state index in [1.807, 2.05) is 0 Å². The van der Waals surface area contributed by atoms with E-state index in [0.717, 1.165) is 19.6 Å². The van der Waals surface area contributed by atoms with Gasteiger partial charge in [0.15, 0.2) is 0 Å². The predicted octanol–water partition coefficient (Wildman–Crippen LogP) is 0.602. The Balaban J connectivity index is 1.70. The highest BCUT2D eigenvalue weighted by atomic mass is 15.2. The van der Waals surface area contributed by atoms with Crippen molar-refractivity contribution in [1.82, 2.24) is 20.4 Å². The minimum Gasteiger partial charge on any atom is -0.314 e. The summed E-state index contributed by atoms with van der Waals surface area (Å²) < 4.78 is 0. The summed E-state index contributed by atoms with van der Waals surface area (Å²) in [6, 6.07) is 0.695. The van der Waals surface area contributed by atoms with Crippen molar-refractivity contribution in [3.63, 3.8) is 0 Å². The van der Waals surface area contributed by atoms with Gasteiger partial charge in [-0.1, -0.05) is 13.8 Å². The fourth-order valence-electron chi connectivity index (χ4n) is 3.28. The van der Waals surface area contributed by atoms with Gasteiger partial charge in [-0.2, -0.15) is 0 Å². The van der Waals surface area contributed by atoms with Crippen LogP contribution < -0.4 is 10.6 Å². The molecule has 1 unspecified atom stereocenters. The number of hydrogen-bond donors (Lipinski definition) is 2. The number of likely N-dealkylation sites (tertiary alicyclic amines) is 1. The van der Waals surface area contributed by atoms with Gasteiger partial charge in [0.05, 0.1) is 0 Å². The minimum absolute atomic E-state index is 0.368. The Bertz CT molecular complexity index is 261. The van der Waals surface area contributed by atoms with Crippen LogP contribution in [-0.4, -0.2) is 75.2 Å². The molecule has 0 saturated carbocycles. The monoisotopic (exact) mass is 268 g/mol. The molecule has 1 atom stereocenters. The standard InChI is InChI=1S/C15H32N4/c1-15(2,13-19-9-6-16-7-10-19)12-17-14-5-4-8-18(3)11-14/h14,16-17H,4-13H2,1-3H3. The highest BCUT2D eigenvalue weighted by Crippen LogP contribution is 2.17. The highest BCUT2D eigenvalue weighted by Gasteiger charge is 2.25. The Morgan fingerprint density at radius 1 is 1.21 bits per heavy atom. The quantitative estimate of drug-likeness (QED) is 0.764. The van der Waals surface area contributed by atoms with Crippen LogP contribution in [0.25, 0.3) is 0 Å². The SMILES string of the molecule is CN1CCCC(NCC(C)(C)CN2CCNCC2)C1. The van der Waals surface area contributed by atoms with Gasteiger partial charge in [0.2, 0.25) is 0 Å². The second kappa shape index (κ2) is 7.02. The lowest BCUT2D eigenvalue weighted by Crippen LogP contribution is -2.51. The zero-order chi connectivity index (χ0) is 13.7. The minimum atomic E-state index is 0.368. The van der Waals surface area contributed by atoms with Crippen molar-refractivity contribution >= 4 is 0 Å². The molecule has 4 nitrogen and oxygen atoms in total. The van der Waals surface area contributed by atoms with Crippen LogP contribution in [0.2, 0.25) is 0 Å². The van der Waals surface area contributed by atoms with E-state index in [1.165, 1.54) is 45.6 Å². The second-order valence-corrected chi connectivity index (χ2v) is 7.17. The van der Waals surface area contributed by atoms with Crippen molar-refractivity contribution in [3.05, 3.63) is 0 Å². The summed E-state index contributed by atoms with van der Waals surface area (Å²) in [6.07, 6.45) is 2.68. The van der Waals surface area contributed by atoms with Gasteiger partial charge in [-0.25, -0.2) is 0 Å². The molecular formula is C15H32N4. The molecule has 2 N–H and O–H groups in total. The number of nitrogens with zero attached hydrogens (tertiary/aromatic N) is 2. The third kappa shape index (κ3) is 5.38. The van der Waals surface area contributed by atoms with Gasteiger partial charge in [-0.3, -0.25) is 0 Å². The fourth-order valence-corrected chi connectivity index (χ4v) is 3.28. The van der Waals surface area contributed by atoms with Crippen LogP contribution in [0.4, 0.5) is 0 Å². The zero-order valence-corrected chi connectivity index (χ0v) is 13.0. The van der Waals surface area contributed by atoms with Crippen LogP contribution in [0.1, 0.15) is 26.7 Å². The fraction of sp³-hybridized carbons (Fsp3) is 1.00. The Morgan fingerprint density at radius 2 is 1.95 bits per heavy atom. The maximum atomic E-state index is 3.80. The van der Waals surface area contributed by atoms with Crippen molar-refractivity contribution in [2.75, 3.05) is 59.4 Å². The van der Waals surface area contributed by atoms with Crippen molar-refractivity contribution in [2.45, 2.75) is 32.7 Å². The molecule has 2 heterocycles. The molecule has 2 saturated heterocycles. The molecule has 0 amide bonds. The highest BCUT2D eigenvalue weighted by molar-refractivity contribution is 4.83. The van der Waals surface area contributed by atoms with E-state index in [9.17, 15) is 0 Å². The van der Waals surface area contributed by atoms with Crippen LogP contribution in [0.5, 0.6) is 0 Å². The van der Waals surface area contributed by atoms with Crippen molar-refractivity contribution in [1.29, 1.82) is 0 Å². The molecule has 2 aliphatic rings. The summed E-state index contributed by atoms with van der Waals surface area (Å²) in [5.74, 6) is 0.